The summed E-state index contributed by atoms with van der Waals surface area (Å²) in [4.78, 5) is 10.8. The molecule has 1 rings (SSSR count). The van der Waals surface area contributed by atoms with Gasteiger partial charge >= 0.3 is 0 Å². The average Bonchev–Trinajstić information content (AvgIpc) is 2.34. The first-order valence-corrected chi connectivity index (χ1v) is 4.10. The van der Waals surface area contributed by atoms with Gasteiger partial charge < -0.3 is 14.6 Å². The van der Waals surface area contributed by atoms with Gasteiger partial charge in [0.05, 0.1) is 0 Å². The zero-order valence-corrected chi connectivity index (χ0v) is 7.32. The van der Waals surface area contributed by atoms with Crippen LogP contribution in [0.15, 0.2) is 0 Å². The summed E-state index contributed by atoms with van der Waals surface area (Å²) in [6, 6.07) is 0. The van der Waals surface area contributed by atoms with Crippen molar-refractivity contribution >= 4 is 5.78 Å². The van der Waals surface area contributed by atoms with Crippen LogP contribution in [0.2, 0.25) is 0 Å². The van der Waals surface area contributed by atoms with Crippen LogP contribution < -0.4 is 0 Å². The van der Waals surface area contributed by atoms with Crippen LogP contribution in [0.1, 0.15) is 20.3 Å². The molecule has 4 heteroatoms. The van der Waals surface area contributed by atoms with E-state index in [0.717, 1.165) is 0 Å². The smallest absolute Gasteiger partial charge is 0.184 e. The molecule has 0 aromatic rings. The van der Waals surface area contributed by atoms with E-state index in [-0.39, 0.29) is 5.78 Å². The summed E-state index contributed by atoms with van der Waals surface area (Å²) in [5.41, 5.74) is 0. The van der Waals surface area contributed by atoms with Crippen molar-refractivity contribution in [3.05, 3.63) is 0 Å². The van der Waals surface area contributed by atoms with E-state index in [1.54, 1.807) is 0 Å². The number of ketones is 1. The molecule has 0 aromatic heterocycles. The highest BCUT2D eigenvalue weighted by atomic mass is 16.7. The summed E-state index contributed by atoms with van der Waals surface area (Å²) < 4.78 is 10.2. The van der Waals surface area contributed by atoms with Crippen molar-refractivity contribution in [1.82, 2.24) is 0 Å². The van der Waals surface area contributed by atoms with E-state index < -0.39 is 18.5 Å². The Labute approximate surface area is 71.5 Å². The lowest BCUT2D eigenvalue weighted by molar-refractivity contribution is -0.168. The molecule has 0 bridgehead atoms. The van der Waals surface area contributed by atoms with Gasteiger partial charge in [-0.15, -0.1) is 0 Å². The first-order valence-electron chi connectivity index (χ1n) is 4.10. The molecule has 0 aromatic carbocycles. The van der Waals surface area contributed by atoms with Crippen molar-refractivity contribution < 1.29 is 19.4 Å². The molecule has 3 unspecified atom stereocenters. The molecule has 0 spiro atoms. The van der Waals surface area contributed by atoms with Crippen LogP contribution in [0.4, 0.5) is 0 Å². The molecular formula is C8H14O4. The molecule has 0 amide bonds. The zero-order chi connectivity index (χ0) is 9.14. The minimum Gasteiger partial charge on any atom is -0.388 e. The molecule has 1 aliphatic heterocycles. The van der Waals surface area contributed by atoms with Crippen LogP contribution in [0.3, 0.4) is 0 Å². The summed E-state index contributed by atoms with van der Waals surface area (Å²) >= 11 is 0. The van der Waals surface area contributed by atoms with Crippen molar-refractivity contribution in [2.45, 2.75) is 38.8 Å². The number of aliphatic hydroxyl groups is 1. The second kappa shape index (κ2) is 3.98. The van der Waals surface area contributed by atoms with Gasteiger partial charge in [0.2, 0.25) is 0 Å². The number of hydrogen-bond donors (Lipinski definition) is 1. The Kier molecular flexibility index (Phi) is 3.20. The summed E-state index contributed by atoms with van der Waals surface area (Å²) in [5.74, 6) is -0.0590. The van der Waals surface area contributed by atoms with Crippen LogP contribution in [0, 0.1) is 0 Å². The van der Waals surface area contributed by atoms with E-state index in [4.69, 9.17) is 9.47 Å². The fourth-order valence-corrected chi connectivity index (χ4v) is 1.22. The number of hydrogen-bond acceptors (Lipinski definition) is 4. The molecule has 1 N–H and O–H groups in total. The maximum atomic E-state index is 10.8. The van der Waals surface area contributed by atoms with Gasteiger partial charge in [0.1, 0.15) is 12.2 Å². The predicted octanol–water partition coefficient (Wildman–Crippen LogP) is 0.0878. The molecule has 1 saturated heterocycles. The van der Waals surface area contributed by atoms with Gasteiger partial charge in [-0.3, -0.25) is 4.79 Å². The molecule has 4 nitrogen and oxygen atoms in total. The molecule has 3 atom stereocenters. The average molecular weight is 174 g/mol. The molecule has 1 aliphatic rings. The van der Waals surface area contributed by atoms with Crippen molar-refractivity contribution in [3.63, 3.8) is 0 Å². The second-order valence-electron chi connectivity index (χ2n) is 2.86. The second-order valence-corrected chi connectivity index (χ2v) is 2.86. The Balaban J connectivity index is 2.44. The number of Topliss-reactive ketones (excluding diaryl/α,β-unsaturated/α-hetero) is 1. The van der Waals surface area contributed by atoms with Crippen LogP contribution in [0.25, 0.3) is 0 Å². The SMILES string of the molecule is CCOC1OC(C(C)=O)CC1O. The third-order valence-corrected chi connectivity index (χ3v) is 1.85. The topological polar surface area (TPSA) is 55.8 Å². The quantitative estimate of drug-likeness (QED) is 0.658. The number of aliphatic hydroxyl groups excluding tert-OH is 1. The number of carbonyl (C=O) groups excluding carboxylic acids is 1. The van der Waals surface area contributed by atoms with E-state index in [2.05, 4.69) is 0 Å². The third kappa shape index (κ3) is 2.03. The Morgan fingerprint density at radius 2 is 2.42 bits per heavy atom. The highest BCUT2D eigenvalue weighted by Crippen LogP contribution is 2.21. The Hall–Kier alpha value is -0.450. The van der Waals surface area contributed by atoms with Crippen molar-refractivity contribution in [2.75, 3.05) is 6.61 Å². The normalized spacial score (nSPS) is 35.4. The summed E-state index contributed by atoms with van der Waals surface area (Å²) in [7, 11) is 0. The molecule has 0 aliphatic carbocycles. The fourth-order valence-electron chi connectivity index (χ4n) is 1.22. The van der Waals surface area contributed by atoms with Crippen LogP contribution >= 0.6 is 0 Å². The minimum absolute atomic E-state index is 0.0590. The lowest BCUT2D eigenvalue weighted by Gasteiger charge is -2.13. The molecule has 1 heterocycles. The molecule has 0 radical (unpaired) electrons. The van der Waals surface area contributed by atoms with Crippen LogP contribution in [0.5, 0.6) is 0 Å². The van der Waals surface area contributed by atoms with Gasteiger partial charge in [0, 0.05) is 13.0 Å². The Bertz CT molecular complexity index is 168. The van der Waals surface area contributed by atoms with E-state index in [9.17, 15) is 9.90 Å². The number of carbonyl (C=O) groups is 1. The molecule has 0 saturated carbocycles. The predicted molar refractivity (Wildman–Crippen MR) is 41.6 cm³/mol. The van der Waals surface area contributed by atoms with Gasteiger partial charge in [-0.2, -0.15) is 0 Å². The lowest BCUT2D eigenvalue weighted by atomic mass is 10.1. The minimum atomic E-state index is -0.668. The Morgan fingerprint density at radius 1 is 1.75 bits per heavy atom. The third-order valence-electron chi connectivity index (χ3n) is 1.85. The van der Waals surface area contributed by atoms with E-state index in [0.29, 0.717) is 13.0 Å². The van der Waals surface area contributed by atoms with Crippen LogP contribution in [-0.4, -0.2) is 36.0 Å². The van der Waals surface area contributed by atoms with Crippen molar-refractivity contribution in [1.29, 1.82) is 0 Å². The maximum absolute atomic E-state index is 10.8. The highest BCUT2D eigenvalue weighted by molar-refractivity contribution is 5.80. The molecule has 12 heavy (non-hydrogen) atoms. The molecule has 70 valence electrons. The van der Waals surface area contributed by atoms with Gasteiger partial charge in [0.25, 0.3) is 0 Å². The number of ether oxygens (including phenoxy) is 2. The largest absolute Gasteiger partial charge is 0.388 e. The standard InChI is InChI=1S/C8H14O4/c1-3-11-8-6(10)4-7(12-8)5(2)9/h6-8,10H,3-4H2,1-2H3. The Morgan fingerprint density at radius 3 is 2.83 bits per heavy atom. The maximum Gasteiger partial charge on any atom is 0.184 e. The summed E-state index contributed by atoms with van der Waals surface area (Å²) in [5, 5.41) is 9.34. The zero-order valence-electron chi connectivity index (χ0n) is 7.32. The fraction of sp³-hybridized carbons (Fsp3) is 0.875. The van der Waals surface area contributed by atoms with Gasteiger partial charge in [0.15, 0.2) is 12.1 Å². The molecular weight excluding hydrogens is 160 g/mol. The van der Waals surface area contributed by atoms with E-state index in [1.807, 2.05) is 6.92 Å². The van der Waals surface area contributed by atoms with Gasteiger partial charge in [-0.1, -0.05) is 0 Å². The summed E-state index contributed by atoms with van der Waals surface area (Å²) in [6.07, 6.45) is -1.43. The first kappa shape index (κ1) is 9.64. The van der Waals surface area contributed by atoms with Gasteiger partial charge in [-0.05, 0) is 13.8 Å². The lowest BCUT2D eigenvalue weighted by Crippen LogP contribution is -2.24. The van der Waals surface area contributed by atoms with Crippen LogP contribution in [-0.2, 0) is 14.3 Å². The van der Waals surface area contributed by atoms with E-state index >= 15 is 0 Å². The van der Waals surface area contributed by atoms with Gasteiger partial charge in [-0.25, -0.2) is 0 Å². The van der Waals surface area contributed by atoms with E-state index in [1.165, 1.54) is 6.92 Å². The first-order chi connectivity index (χ1) is 5.65. The van der Waals surface area contributed by atoms with Crippen molar-refractivity contribution in [3.8, 4) is 0 Å². The van der Waals surface area contributed by atoms with Crippen molar-refractivity contribution in [2.24, 2.45) is 0 Å². The molecule has 1 fully saturated rings. The number of rotatable bonds is 3. The summed E-state index contributed by atoms with van der Waals surface area (Å²) in [6.45, 7) is 3.75. The highest BCUT2D eigenvalue weighted by Gasteiger charge is 2.36. The monoisotopic (exact) mass is 174 g/mol.